The Hall–Kier alpha value is -1.01. The number of rotatable bonds is 2. The largest absolute Gasteiger partial charge is 0.307 e. The van der Waals surface area contributed by atoms with E-state index in [1.54, 1.807) is 16.1 Å². The zero-order valence-corrected chi connectivity index (χ0v) is 8.56. The number of hydrogen-bond acceptors (Lipinski definition) is 5. The molecule has 0 aliphatic carbocycles. The summed E-state index contributed by atoms with van der Waals surface area (Å²) >= 11 is 2.54. The van der Waals surface area contributed by atoms with Crippen LogP contribution in [0.2, 0.25) is 0 Å². The molecule has 0 radical (unpaired) electrons. The lowest BCUT2D eigenvalue weighted by molar-refractivity contribution is 0.788. The molecule has 68 valence electrons. The van der Waals surface area contributed by atoms with Gasteiger partial charge >= 0.3 is 4.87 Å². The van der Waals surface area contributed by atoms with Crippen LogP contribution in [0.1, 0.15) is 10.6 Å². The molecule has 13 heavy (non-hydrogen) atoms. The number of thiazole rings is 1. The third-order valence-electron chi connectivity index (χ3n) is 1.70. The van der Waals surface area contributed by atoms with Gasteiger partial charge in [-0.1, -0.05) is 15.8 Å². The van der Waals surface area contributed by atoms with Gasteiger partial charge in [0.2, 0.25) is 0 Å². The van der Waals surface area contributed by atoms with Gasteiger partial charge in [-0.25, -0.2) is 0 Å². The van der Waals surface area contributed by atoms with Crippen LogP contribution in [-0.4, -0.2) is 14.2 Å². The predicted octanol–water partition coefficient (Wildman–Crippen LogP) is 1.12. The van der Waals surface area contributed by atoms with E-state index in [0.29, 0.717) is 6.54 Å². The minimum Gasteiger partial charge on any atom is -0.301 e. The summed E-state index contributed by atoms with van der Waals surface area (Å²) in [6.07, 6.45) is 1.78. The molecular formula is C7H7N3OS2. The summed E-state index contributed by atoms with van der Waals surface area (Å²) < 4.78 is 5.47. The monoisotopic (exact) mass is 213 g/mol. The lowest BCUT2D eigenvalue weighted by Gasteiger charge is -1.96. The van der Waals surface area contributed by atoms with Gasteiger partial charge in [0.05, 0.1) is 17.1 Å². The molecule has 2 rings (SSSR count). The van der Waals surface area contributed by atoms with Crippen LogP contribution < -0.4 is 4.87 Å². The van der Waals surface area contributed by atoms with Crippen molar-refractivity contribution in [3.05, 3.63) is 31.8 Å². The molecule has 0 aromatic carbocycles. The van der Waals surface area contributed by atoms with Crippen molar-refractivity contribution in [2.24, 2.45) is 0 Å². The quantitative estimate of drug-likeness (QED) is 0.751. The van der Waals surface area contributed by atoms with Crippen LogP contribution in [0.25, 0.3) is 0 Å². The van der Waals surface area contributed by atoms with Gasteiger partial charge in [-0.3, -0.25) is 4.79 Å². The summed E-state index contributed by atoms with van der Waals surface area (Å²) in [6.45, 7) is 2.49. The SMILES string of the molecule is Cc1nnsc1Cn1ccsc1=O. The summed E-state index contributed by atoms with van der Waals surface area (Å²) in [4.78, 5) is 12.3. The lowest BCUT2D eigenvalue weighted by Crippen LogP contribution is -2.12. The molecule has 0 saturated carbocycles. The Balaban J connectivity index is 2.29. The fraction of sp³-hybridized carbons (Fsp3) is 0.286. The van der Waals surface area contributed by atoms with Crippen molar-refractivity contribution in [3.63, 3.8) is 0 Å². The molecule has 4 nitrogen and oxygen atoms in total. The van der Waals surface area contributed by atoms with Gasteiger partial charge in [0, 0.05) is 11.6 Å². The average molecular weight is 213 g/mol. The zero-order chi connectivity index (χ0) is 9.26. The predicted molar refractivity (Wildman–Crippen MR) is 52.3 cm³/mol. The average Bonchev–Trinajstić information content (AvgIpc) is 2.65. The summed E-state index contributed by atoms with van der Waals surface area (Å²) in [5, 5.41) is 5.67. The Kier molecular flexibility index (Phi) is 2.24. The van der Waals surface area contributed by atoms with Gasteiger partial charge in [-0.2, -0.15) is 0 Å². The molecule has 2 aromatic heterocycles. The van der Waals surface area contributed by atoms with Crippen molar-refractivity contribution in [1.82, 2.24) is 14.2 Å². The highest BCUT2D eigenvalue weighted by molar-refractivity contribution is 7.07. The Labute approximate surface area is 82.6 Å². The van der Waals surface area contributed by atoms with Crippen molar-refractivity contribution < 1.29 is 0 Å². The second-order valence-corrected chi connectivity index (χ2v) is 4.27. The molecule has 2 heterocycles. The highest BCUT2D eigenvalue weighted by Gasteiger charge is 2.04. The van der Waals surface area contributed by atoms with Crippen molar-refractivity contribution in [3.8, 4) is 0 Å². The Bertz CT molecular complexity index is 456. The minimum atomic E-state index is 0.0628. The standard InChI is InChI=1S/C7H7N3OS2/c1-5-6(13-9-8-5)4-10-2-3-12-7(10)11/h2-3H,4H2,1H3. The summed E-state index contributed by atoms with van der Waals surface area (Å²) in [5.74, 6) is 0. The maximum absolute atomic E-state index is 11.2. The van der Waals surface area contributed by atoms with Gasteiger partial charge in [-0.15, -0.1) is 5.10 Å². The van der Waals surface area contributed by atoms with Gasteiger partial charge in [-0.05, 0) is 18.5 Å². The first-order valence-corrected chi connectivity index (χ1v) is 5.34. The fourth-order valence-electron chi connectivity index (χ4n) is 0.959. The minimum absolute atomic E-state index is 0.0628. The normalized spacial score (nSPS) is 10.5. The molecule has 0 amide bonds. The molecule has 0 saturated heterocycles. The first-order chi connectivity index (χ1) is 6.27. The van der Waals surface area contributed by atoms with E-state index >= 15 is 0 Å². The van der Waals surface area contributed by atoms with Gasteiger partial charge in [0.1, 0.15) is 0 Å². The van der Waals surface area contributed by atoms with Crippen LogP contribution in [-0.2, 0) is 6.54 Å². The van der Waals surface area contributed by atoms with Gasteiger partial charge < -0.3 is 4.57 Å². The summed E-state index contributed by atoms with van der Waals surface area (Å²) in [7, 11) is 0. The third kappa shape index (κ3) is 1.68. The van der Waals surface area contributed by atoms with Crippen LogP contribution in [0.3, 0.4) is 0 Å². The van der Waals surface area contributed by atoms with E-state index in [1.165, 1.54) is 22.9 Å². The topological polar surface area (TPSA) is 47.8 Å². The molecule has 0 spiro atoms. The molecule has 0 unspecified atom stereocenters. The molecule has 0 N–H and O–H groups in total. The number of nitrogens with zero attached hydrogens (tertiary/aromatic N) is 3. The van der Waals surface area contributed by atoms with Crippen LogP contribution in [0.5, 0.6) is 0 Å². The number of hydrogen-bond donors (Lipinski definition) is 0. The molecule has 0 fully saturated rings. The van der Waals surface area contributed by atoms with E-state index in [2.05, 4.69) is 9.59 Å². The van der Waals surface area contributed by atoms with E-state index in [0.717, 1.165) is 10.6 Å². The van der Waals surface area contributed by atoms with Crippen LogP contribution in [0.4, 0.5) is 0 Å². The van der Waals surface area contributed by atoms with Crippen molar-refractivity contribution >= 4 is 22.9 Å². The van der Waals surface area contributed by atoms with Crippen molar-refractivity contribution in [2.75, 3.05) is 0 Å². The van der Waals surface area contributed by atoms with Crippen molar-refractivity contribution in [2.45, 2.75) is 13.5 Å². The Morgan fingerprint density at radius 2 is 2.46 bits per heavy atom. The Morgan fingerprint density at radius 3 is 3.00 bits per heavy atom. The maximum atomic E-state index is 11.2. The molecule has 0 atom stereocenters. The summed E-state index contributed by atoms with van der Waals surface area (Å²) in [6, 6.07) is 0. The molecule has 0 aliphatic rings. The van der Waals surface area contributed by atoms with Crippen LogP contribution in [0, 0.1) is 6.92 Å². The Morgan fingerprint density at radius 1 is 1.62 bits per heavy atom. The van der Waals surface area contributed by atoms with E-state index in [1.807, 2.05) is 6.92 Å². The number of aromatic nitrogens is 3. The molecular weight excluding hydrogens is 206 g/mol. The lowest BCUT2D eigenvalue weighted by atomic mass is 10.4. The maximum Gasteiger partial charge on any atom is 0.307 e. The third-order valence-corrected chi connectivity index (χ3v) is 3.21. The number of aryl methyl sites for hydroxylation is 1. The van der Waals surface area contributed by atoms with Gasteiger partial charge in [0.25, 0.3) is 0 Å². The highest BCUT2D eigenvalue weighted by Crippen LogP contribution is 2.10. The molecule has 2 aromatic rings. The molecule has 6 heteroatoms. The van der Waals surface area contributed by atoms with E-state index in [9.17, 15) is 4.79 Å². The van der Waals surface area contributed by atoms with Crippen molar-refractivity contribution in [1.29, 1.82) is 0 Å². The van der Waals surface area contributed by atoms with Crippen LogP contribution in [0.15, 0.2) is 16.4 Å². The smallest absolute Gasteiger partial charge is 0.301 e. The van der Waals surface area contributed by atoms with Gasteiger partial charge in [0.15, 0.2) is 0 Å². The second-order valence-electron chi connectivity index (χ2n) is 2.58. The van der Waals surface area contributed by atoms with E-state index in [-0.39, 0.29) is 4.87 Å². The van der Waals surface area contributed by atoms with E-state index < -0.39 is 0 Å². The highest BCUT2D eigenvalue weighted by atomic mass is 32.1. The summed E-state index contributed by atoms with van der Waals surface area (Å²) in [5.41, 5.74) is 0.906. The molecule has 0 aliphatic heterocycles. The first-order valence-electron chi connectivity index (χ1n) is 3.69. The molecule has 0 bridgehead atoms. The second kappa shape index (κ2) is 3.39. The van der Waals surface area contributed by atoms with E-state index in [4.69, 9.17) is 0 Å². The first kappa shape index (κ1) is 8.58. The fourth-order valence-corrected chi connectivity index (χ4v) is 2.18. The van der Waals surface area contributed by atoms with Crippen LogP contribution >= 0.6 is 22.9 Å². The zero-order valence-electron chi connectivity index (χ0n) is 6.93.